The number of amides is 1. The summed E-state index contributed by atoms with van der Waals surface area (Å²) in [5, 5.41) is 13.2. The van der Waals surface area contributed by atoms with Gasteiger partial charge in [0.2, 0.25) is 5.91 Å². The second kappa shape index (κ2) is 8.91. The molecule has 0 aromatic rings. The Hall–Kier alpha value is -0.523. The Kier molecular flexibility index (Phi) is 8.03. The number of carbonyl (C=O) groups excluding carboxylic acids is 1. The van der Waals surface area contributed by atoms with Crippen molar-refractivity contribution in [1.82, 2.24) is 5.32 Å². The largest absolute Gasteiger partial charge is 0.390 e. The summed E-state index contributed by atoms with van der Waals surface area (Å²) in [6.07, 6.45) is -1.51. The van der Waals surface area contributed by atoms with E-state index in [9.17, 15) is 18.3 Å². The third-order valence-corrected chi connectivity index (χ3v) is 6.31. The fourth-order valence-corrected chi connectivity index (χ4v) is 3.59. The zero-order valence-electron chi connectivity index (χ0n) is 15.8. The van der Waals surface area contributed by atoms with Gasteiger partial charge >= 0.3 is 0 Å². The van der Waals surface area contributed by atoms with E-state index in [1.165, 1.54) is 6.92 Å². The van der Waals surface area contributed by atoms with Crippen molar-refractivity contribution in [3.63, 3.8) is 0 Å². The van der Waals surface area contributed by atoms with E-state index in [-0.39, 0.29) is 12.5 Å². The standard InChI is InChI=1S/C15H31NO7SSi/c1-10-12(9-22-24(3,19)20)23-15(21-7-8-25(4,5)6)13(14(10)18)16-11(2)17/h10,12-15,18H,7-9H2,1-6H3,(H,16,17)/t10-,12?,13?,14+,15-/m1/s1. The van der Waals surface area contributed by atoms with Crippen molar-refractivity contribution in [3.05, 3.63) is 0 Å². The van der Waals surface area contributed by atoms with E-state index < -0.39 is 48.6 Å². The molecule has 5 atom stereocenters. The number of rotatable bonds is 8. The number of nitrogens with one attached hydrogen (secondary N) is 1. The summed E-state index contributed by atoms with van der Waals surface area (Å²) >= 11 is 0. The first-order chi connectivity index (χ1) is 11.3. The molecule has 0 bridgehead atoms. The molecule has 1 saturated heterocycles. The Morgan fingerprint density at radius 1 is 1.32 bits per heavy atom. The molecule has 0 spiro atoms. The second-order valence-electron chi connectivity index (χ2n) is 7.79. The first kappa shape index (κ1) is 22.5. The van der Waals surface area contributed by atoms with Crippen LogP contribution in [0.2, 0.25) is 25.7 Å². The number of hydrogen-bond acceptors (Lipinski definition) is 7. The SMILES string of the molecule is CC(=O)NC1[C@H](OCC[Si](C)(C)C)OC(COS(C)(=O)=O)[C@@H](C)[C@@H]1O. The molecule has 1 aliphatic rings. The summed E-state index contributed by atoms with van der Waals surface area (Å²) in [7, 11) is -4.94. The van der Waals surface area contributed by atoms with Crippen LogP contribution >= 0.6 is 0 Å². The Bertz CT molecular complexity index is 549. The summed E-state index contributed by atoms with van der Waals surface area (Å²) in [5.41, 5.74) is 0. The predicted molar refractivity (Wildman–Crippen MR) is 96.3 cm³/mol. The van der Waals surface area contributed by atoms with Crippen LogP contribution in [0.3, 0.4) is 0 Å². The summed E-state index contributed by atoms with van der Waals surface area (Å²) in [5.74, 6) is -0.736. The Balaban J connectivity index is 2.82. The summed E-state index contributed by atoms with van der Waals surface area (Å²) in [6, 6.07) is 0.180. The molecule has 2 unspecified atom stereocenters. The highest BCUT2D eigenvalue weighted by atomic mass is 32.2. The molecule has 0 aromatic heterocycles. The summed E-state index contributed by atoms with van der Waals surface area (Å²) in [6.45, 7) is 9.94. The highest BCUT2D eigenvalue weighted by Crippen LogP contribution is 2.28. The first-order valence-electron chi connectivity index (χ1n) is 8.37. The Morgan fingerprint density at radius 2 is 1.92 bits per heavy atom. The number of aliphatic hydroxyl groups is 1. The monoisotopic (exact) mass is 397 g/mol. The van der Waals surface area contributed by atoms with Crippen molar-refractivity contribution in [2.24, 2.45) is 5.92 Å². The fourth-order valence-electron chi connectivity index (χ4n) is 2.48. The highest BCUT2D eigenvalue weighted by molar-refractivity contribution is 7.85. The minimum Gasteiger partial charge on any atom is -0.390 e. The van der Waals surface area contributed by atoms with Gasteiger partial charge in [-0.1, -0.05) is 26.6 Å². The summed E-state index contributed by atoms with van der Waals surface area (Å²) in [4.78, 5) is 11.5. The van der Waals surface area contributed by atoms with Gasteiger partial charge in [-0.25, -0.2) is 0 Å². The molecular weight excluding hydrogens is 366 g/mol. The lowest BCUT2D eigenvalue weighted by Gasteiger charge is -2.43. The van der Waals surface area contributed by atoms with Gasteiger partial charge in [-0.05, 0) is 6.04 Å². The molecular formula is C15H31NO7SSi. The topological polar surface area (TPSA) is 111 Å². The molecule has 1 rings (SSSR count). The molecule has 1 amide bonds. The molecule has 148 valence electrons. The van der Waals surface area contributed by atoms with Gasteiger partial charge < -0.3 is 19.9 Å². The molecule has 0 saturated carbocycles. The van der Waals surface area contributed by atoms with Crippen LogP contribution in [-0.4, -0.2) is 71.5 Å². The molecule has 0 radical (unpaired) electrons. The molecule has 0 aliphatic carbocycles. The van der Waals surface area contributed by atoms with Crippen molar-refractivity contribution in [1.29, 1.82) is 0 Å². The van der Waals surface area contributed by atoms with E-state index in [2.05, 4.69) is 25.0 Å². The van der Waals surface area contributed by atoms with Crippen LogP contribution in [0.4, 0.5) is 0 Å². The van der Waals surface area contributed by atoms with Crippen molar-refractivity contribution < 1.29 is 32.0 Å². The van der Waals surface area contributed by atoms with Crippen LogP contribution in [-0.2, 0) is 28.6 Å². The molecule has 1 fully saturated rings. The molecule has 0 aromatic carbocycles. The zero-order valence-corrected chi connectivity index (χ0v) is 17.6. The van der Waals surface area contributed by atoms with E-state index in [0.717, 1.165) is 12.3 Å². The number of hydrogen-bond donors (Lipinski definition) is 2. The normalized spacial score (nSPS) is 30.9. The maximum atomic E-state index is 11.5. The average molecular weight is 398 g/mol. The fraction of sp³-hybridized carbons (Fsp3) is 0.933. The van der Waals surface area contributed by atoms with E-state index in [0.29, 0.717) is 6.61 Å². The predicted octanol–water partition coefficient (Wildman–Crippen LogP) is 0.544. The molecule has 2 N–H and O–H groups in total. The lowest BCUT2D eigenvalue weighted by Crippen LogP contribution is -2.62. The molecule has 1 aliphatic heterocycles. The van der Waals surface area contributed by atoms with Crippen molar-refractivity contribution in [2.45, 2.75) is 64.1 Å². The van der Waals surface area contributed by atoms with E-state index >= 15 is 0 Å². The third-order valence-electron chi connectivity index (χ3n) is 4.05. The van der Waals surface area contributed by atoms with Gasteiger partial charge in [-0.15, -0.1) is 0 Å². The van der Waals surface area contributed by atoms with Crippen LogP contribution < -0.4 is 5.32 Å². The number of carbonyl (C=O) groups is 1. The minimum atomic E-state index is -3.62. The average Bonchev–Trinajstić information content (AvgIpc) is 2.42. The third kappa shape index (κ3) is 8.14. The zero-order chi connectivity index (χ0) is 19.4. The van der Waals surface area contributed by atoms with Crippen LogP contribution in [0.25, 0.3) is 0 Å². The van der Waals surface area contributed by atoms with E-state index in [1.807, 2.05) is 0 Å². The minimum absolute atomic E-state index is 0.211. The van der Waals surface area contributed by atoms with Crippen molar-refractivity contribution in [3.8, 4) is 0 Å². The maximum absolute atomic E-state index is 11.5. The van der Waals surface area contributed by atoms with Crippen LogP contribution in [0.15, 0.2) is 0 Å². The second-order valence-corrected chi connectivity index (χ2v) is 15.1. The lowest BCUT2D eigenvalue weighted by atomic mass is 9.89. The lowest BCUT2D eigenvalue weighted by molar-refractivity contribution is -0.251. The van der Waals surface area contributed by atoms with Gasteiger partial charge in [0.15, 0.2) is 6.29 Å². The smallest absolute Gasteiger partial charge is 0.264 e. The Morgan fingerprint density at radius 3 is 2.40 bits per heavy atom. The van der Waals surface area contributed by atoms with Crippen molar-refractivity contribution >= 4 is 24.1 Å². The van der Waals surface area contributed by atoms with Gasteiger partial charge in [0.1, 0.15) is 6.04 Å². The summed E-state index contributed by atoms with van der Waals surface area (Å²) < 4.78 is 38.8. The van der Waals surface area contributed by atoms with E-state index in [4.69, 9.17) is 13.7 Å². The maximum Gasteiger partial charge on any atom is 0.264 e. The van der Waals surface area contributed by atoms with Crippen molar-refractivity contribution in [2.75, 3.05) is 19.5 Å². The Labute approximate surface area is 151 Å². The molecule has 1 heterocycles. The number of aliphatic hydroxyl groups excluding tert-OH is 1. The van der Waals surface area contributed by atoms with Gasteiger partial charge in [-0.2, -0.15) is 8.42 Å². The highest BCUT2D eigenvalue weighted by Gasteiger charge is 2.44. The van der Waals surface area contributed by atoms with Gasteiger partial charge in [0.25, 0.3) is 10.1 Å². The first-order valence-corrected chi connectivity index (χ1v) is 13.9. The molecule has 25 heavy (non-hydrogen) atoms. The number of ether oxygens (including phenoxy) is 2. The molecule has 8 nitrogen and oxygen atoms in total. The van der Waals surface area contributed by atoms with Crippen LogP contribution in [0.5, 0.6) is 0 Å². The quantitative estimate of drug-likeness (QED) is 0.454. The van der Waals surface area contributed by atoms with Crippen LogP contribution in [0, 0.1) is 5.92 Å². The van der Waals surface area contributed by atoms with Gasteiger partial charge in [-0.3, -0.25) is 8.98 Å². The molecule has 10 heteroatoms. The van der Waals surface area contributed by atoms with Crippen LogP contribution in [0.1, 0.15) is 13.8 Å². The van der Waals surface area contributed by atoms with E-state index in [1.54, 1.807) is 6.92 Å². The van der Waals surface area contributed by atoms with Gasteiger partial charge in [0, 0.05) is 27.5 Å². The van der Waals surface area contributed by atoms with Gasteiger partial charge in [0.05, 0.1) is 25.1 Å².